The third-order valence-electron chi connectivity index (χ3n) is 5.25. The van der Waals surface area contributed by atoms with Gasteiger partial charge in [-0.1, -0.05) is 44.0 Å². The van der Waals surface area contributed by atoms with Crippen LogP contribution in [0.15, 0.2) is 48.5 Å². The van der Waals surface area contributed by atoms with Crippen LogP contribution in [0.1, 0.15) is 55.2 Å². The Morgan fingerprint density at radius 2 is 1.66 bits per heavy atom. The van der Waals surface area contributed by atoms with Crippen LogP contribution in [0.3, 0.4) is 0 Å². The van der Waals surface area contributed by atoms with Gasteiger partial charge in [0.1, 0.15) is 6.61 Å². The molecule has 0 amide bonds. The van der Waals surface area contributed by atoms with E-state index in [4.69, 9.17) is 20.8 Å². The smallest absolute Gasteiger partial charge is 0.331 e. The summed E-state index contributed by atoms with van der Waals surface area (Å²) in [5, 5.41) is 0. The molecule has 2 aromatic carbocycles. The fraction of sp³-hybridized carbons (Fsp3) is 0.348. The minimum Gasteiger partial charge on any atom is -0.458 e. The Morgan fingerprint density at radius 1 is 1.07 bits per heavy atom. The Balaban J connectivity index is 0.00000145. The molecule has 0 aliphatic heterocycles. The summed E-state index contributed by atoms with van der Waals surface area (Å²) in [7, 11) is 0. The summed E-state index contributed by atoms with van der Waals surface area (Å²) in [6, 6.07) is 13.7. The molecule has 0 spiro atoms. The first-order valence-electron chi connectivity index (χ1n) is 9.79. The summed E-state index contributed by atoms with van der Waals surface area (Å²) in [4.78, 5) is 11.9. The van der Waals surface area contributed by atoms with Gasteiger partial charge in [0.25, 0.3) is 0 Å². The Bertz CT molecular complexity index is 793. The first-order chi connectivity index (χ1) is 14.0. The first kappa shape index (κ1) is 22.8. The van der Waals surface area contributed by atoms with E-state index in [1.54, 1.807) is 24.3 Å². The number of rotatable bonds is 5. The predicted molar refractivity (Wildman–Crippen MR) is 123 cm³/mol. The van der Waals surface area contributed by atoms with Crippen molar-refractivity contribution in [2.24, 2.45) is 5.92 Å². The molecule has 1 aliphatic carbocycles. The van der Waals surface area contributed by atoms with Gasteiger partial charge >= 0.3 is 5.97 Å². The third kappa shape index (κ3) is 7.48. The van der Waals surface area contributed by atoms with Crippen molar-refractivity contribution < 1.29 is 14.1 Å². The van der Waals surface area contributed by atoms with E-state index >= 15 is 0 Å². The van der Waals surface area contributed by atoms with Gasteiger partial charge in [-0.25, -0.2) is 4.79 Å². The summed E-state index contributed by atoms with van der Waals surface area (Å²) >= 11 is 2.53. The van der Waals surface area contributed by atoms with Crippen molar-refractivity contribution in [3.63, 3.8) is 0 Å². The molecule has 0 aromatic heterocycles. The lowest BCUT2D eigenvalue weighted by Crippen LogP contribution is -2.10. The molecule has 29 heavy (non-hydrogen) atoms. The maximum Gasteiger partial charge on any atom is 0.331 e. The van der Waals surface area contributed by atoms with Crippen LogP contribution in [0.25, 0.3) is 6.08 Å². The van der Waals surface area contributed by atoms with E-state index in [9.17, 15) is 4.79 Å². The summed E-state index contributed by atoms with van der Waals surface area (Å²) in [5.41, 5.74) is 15.8. The molecule has 2 aromatic rings. The number of hydrogen-bond acceptors (Lipinski definition) is 6. The Kier molecular flexibility index (Phi) is 9.09. The average molecular weight is 415 g/mol. The van der Waals surface area contributed by atoms with Crippen LogP contribution in [0, 0.1) is 5.92 Å². The Labute approximate surface area is 178 Å². The minimum absolute atomic E-state index is 0.150. The molecule has 0 atom stereocenters. The molecule has 0 heterocycles. The zero-order valence-corrected chi connectivity index (χ0v) is 17.6. The molecule has 1 fully saturated rings. The van der Waals surface area contributed by atoms with E-state index in [-0.39, 0.29) is 12.6 Å². The Hall–Kier alpha value is -2.44. The molecule has 0 bridgehead atoms. The highest BCUT2D eigenvalue weighted by Gasteiger charge is 2.19. The second-order valence-corrected chi connectivity index (χ2v) is 7.57. The van der Waals surface area contributed by atoms with Crippen molar-refractivity contribution in [1.29, 1.82) is 0 Å². The van der Waals surface area contributed by atoms with E-state index in [0.717, 1.165) is 17.0 Å². The van der Waals surface area contributed by atoms with Gasteiger partial charge in [-0.15, -0.1) is 0 Å². The number of esters is 1. The molecular formula is C23H30N2O3S. The topological polar surface area (TPSA) is 98.6 Å². The number of carbonyl (C=O) groups excluding carboxylic acids is 1. The van der Waals surface area contributed by atoms with Gasteiger partial charge in [-0.05, 0) is 78.6 Å². The van der Waals surface area contributed by atoms with Crippen molar-refractivity contribution in [2.45, 2.75) is 45.1 Å². The van der Waals surface area contributed by atoms with Crippen LogP contribution in [0.2, 0.25) is 0 Å². The molecule has 156 valence electrons. The van der Waals surface area contributed by atoms with Crippen molar-refractivity contribution in [3.05, 3.63) is 65.2 Å². The van der Waals surface area contributed by atoms with Gasteiger partial charge < -0.3 is 20.8 Å². The van der Waals surface area contributed by atoms with Crippen LogP contribution in [0.5, 0.6) is 0 Å². The van der Waals surface area contributed by atoms with Crippen LogP contribution >= 0.6 is 12.9 Å². The van der Waals surface area contributed by atoms with Crippen LogP contribution in [0.4, 0.5) is 11.4 Å². The lowest BCUT2D eigenvalue weighted by Gasteiger charge is -2.26. The molecule has 1 aliphatic rings. The molecule has 6 heteroatoms. The highest BCUT2D eigenvalue weighted by Crippen LogP contribution is 2.35. The Morgan fingerprint density at radius 3 is 2.24 bits per heavy atom. The van der Waals surface area contributed by atoms with Gasteiger partial charge in [0.05, 0.1) is 0 Å². The number of ether oxygens (including phenoxy) is 1. The highest BCUT2D eigenvalue weighted by molar-refractivity contribution is 7.74. The van der Waals surface area contributed by atoms with E-state index in [2.05, 4.69) is 44.1 Å². The number of nitrogens with two attached hydrogens (primary N) is 2. The maximum absolute atomic E-state index is 11.9. The highest BCUT2D eigenvalue weighted by atomic mass is 32.1. The molecule has 5 N–H and O–H groups in total. The van der Waals surface area contributed by atoms with Crippen molar-refractivity contribution in [3.8, 4) is 0 Å². The third-order valence-corrected chi connectivity index (χ3v) is 5.25. The van der Waals surface area contributed by atoms with Gasteiger partial charge in [-0.3, -0.25) is 0 Å². The quantitative estimate of drug-likeness (QED) is 0.175. The van der Waals surface area contributed by atoms with E-state index in [0.29, 0.717) is 17.3 Å². The normalized spacial score (nSPS) is 18.7. The van der Waals surface area contributed by atoms with Gasteiger partial charge in [0, 0.05) is 17.5 Å². The molecule has 0 radical (unpaired) electrons. The SMILES string of the molecule is CC1CCC(c2ccc(/C=C/C(=O)OCc3cc(N)cc(N)c3)cc2)CC1.OS. The van der Waals surface area contributed by atoms with Crippen molar-refractivity contribution in [2.75, 3.05) is 11.5 Å². The van der Waals surface area contributed by atoms with Gasteiger partial charge in [0.15, 0.2) is 0 Å². The second kappa shape index (κ2) is 11.5. The molecule has 0 unspecified atom stereocenters. The standard InChI is InChI=1S/C23H28N2O2.H2OS/c1-16-2-7-19(8-3-16)20-9-4-17(5-10-20)6-11-23(26)27-15-18-12-21(24)14-22(25)13-18;1-2/h4-6,9-14,16,19H,2-3,7-8,15,24-25H2,1H3;1-2H/b11-6+;. The number of anilines is 2. The van der Waals surface area contributed by atoms with Crippen LogP contribution in [-0.4, -0.2) is 10.5 Å². The molecule has 0 saturated heterocycles. The monoisotopic (exact) mass is 414 g/mol. The summed E-state index contributed by atoms with van der Waals surface area (Å²) in [6.07, 6.45) is 8.41. The molecule has 5 nitrogen and oxygen atoms in total. The largest absolute Gasteiger partial charge is 0.458 e. The van der Waals surface area contributed by atoms with Crippen LogP contribution in [-0.2, 0) is 16.1 Å². The lowest BCUT2D eigenvalue weighted by molar-refractivity contribution is -0.138. The predicted octanol–water partition coefficient (Wildman–Crippen LogP) is 5.29. The summed E-state index contributed by atoms with van der Waals surface area (Å²) < 4.78 is 11.9. The van der Waals surface area contributed by atoms with E-state index < -0.39 is 0 Å². The number of nitrogen functional groups attached to an aromatic ring is 2. The van der Waals surface area contributed by atoms with Crippen molar-refractivity contribution in [1.82, 2.24) is 0 Å². The van der Waals surface area contributed by atoms with Gasteiger partial charge in [0.2, 0.25) is 0 Å². The van der Waals surface area contributed by atoms with Crippen molar-refractivity contribution >= 4 is 36.3 Å². The molecular weight excluding hydrogens is 384 g/mol. The average Bonchev–Trinajstić information content (AvgIpc) is 2.72. The number of thiol groups is 1. The van der Waals surface area contributed by atoms with Crippen LogP contribution < -0.4 is 11.5 Å². The zero-order chi connectivity index (χ0) is 21.2. The summed E-state index contributed by atoms with van der Waals surface area (Å²) in [6.45, 7) is 2.49. The zero-order valence-electron chi connectivity index (χ0n) is 16.8. The fourth-order valence-corrected chi connectivity index (χ4v) is 3.67. The first-order valence-corrected chi connectivity index (χ1v) is 10.2. The minimum atomic E-state index is -0.388. The van der Waals surface area contributed by atoms with E-state index in [1.807, 2.05) is 0 Å². The summed E-state index contributed by atoms with van der Waals surface area (Å²) in [5.74, 6) is 1.15. The fourth-order valence-electron chi connectivity index (χ4n) is 3.67. The maximum atomic E-state index is 11.9. The van der Waals surface area contributed by atoms with Gasteiger partial charge in [-0.2, -0.15) is 0 Å². The second-order valence-electron chi connectivity index (χ2n) is 7.57. The number of carbonyl (C=O) groups is 1. The lowest BCUT2D eigenvalue weighted by atomic mass is 9.79. The molecule has 1 saturated carbocycles. The van der Waals surface area contributed by atoms with E-state index in [1.165, 1.54) is 37.3 Å². The number of hydrogen-bond donors (Lipinski definition) is 4. The molecule has 3 rings (SSSR count). The number of benzene rings is 2.